The molecule has 0 bridgehead atoms. The van der Waals surface area contributed by atoms with Crippen molar-refractivity contribution in [3.8, 4) is 11.1 Å². The van der Waals surface area contributed by atoms with Crippen molar-refractivity contribution in [3.63, 3.8) is 0 Å². The molecule has 3 aromatic carbocycles. The van der Waals surface area contributed by atoms with Crippen LogP contribution in [0.1, 0.15) is 5.56 Å². The lowest BCUT2D eigenvalue weighted by atomic mass is 9.98. The van der Waals surface area contributed by atoms with Gasteiger partial charge in [-0.15, -0.1) is 0 Å². The molecule has 3 nitrogen and oxygen atoms in total. The Morgan fingerprint density at radius 1 is 0.857 bits per heavy atom. The minimum absolute atomic E-state index is 0.367. The zero-order valence-corrected chi connectivity index (χ0v) is 11.9. The van der Waals surface area contributed by atoms with E-state index in [-0.39, 0.29) is 0 Å². The fraction of sp³-hybridized carbons (Fsp3) is 0.0588. The predicted octanol–water partition coefficient (Wildman–Crippen LogP) is 3.22. The average Bonchev–Trinajstić information content (AvgIpc) is 2.52. The average molecular weight is 298 g/mol. The van der Waals surface area contributed by atoms with E-state index in [1.807, 2.05) is 48.5 Å². The lowest BCUT2D eigenvalue weighted by Crippen LogP contribution is -2.36. The highest BCUT2D eigenvalue weighted by atomic mass is 35.5. The van der Waals surface area contributed by atoms with Crippen LogP contribution in [0.2, 0.25) is 5.02 Å². The molecule has 0 aromatic heterocycles. The summed E-state index contributed by atoms with van der Waals surface area (Å²) in [7, 11) is 0. The Morgan fingerprint density at radius 3 is 2.24 bits per heavy atom. The predicted molar refractivity (Wildman–Crippen MR) is 85.6 cm³/mol. The first-order chi connectivity index (χ1) is 10.2. The third-order valence-electron chi connectivity index (χ3n) is 3.39. The molecule has 1 N–H and O–H groups in total. The van der Waals surface area contributed by atoms with Crippen LogP contribution in [0, 0.1) is 0 Å². The van der Waals surface area contributed by atoms with Gasteiger partial charge in [-0.3, -0.25) is 9.59 Å². The van der Waals surface area contributed by atoms with Crippen LogP contribution in [0.3, 0.4) is 0 Å². The van der Waals surface area contributed by atoms with Crippen LogP contribution < -0.4 is 16.2 Å². The third kappa shape index (κ3) is 2.48. The lowest BCUT2D eigenvalue weighted by molar-refractivity contribution is 1.13. The second kappa shape index (κ2) is 5.54. The summed E-state index contributed by atoms with van der Waals surface area (Å²) in [5.74, 6) is 0. The number of nitrogens with one attached hydrogen (secondary N) is 1. The van der Waals surface area contributed by atoms with E-state index in [2.05, 4.69) is 5.32 Å². The molecule has 0 saturated carbocycles. The molecule has 0 aliphatic rings. The fourth-order valence-electron chi connectivity index (χ4n) is 2.27. The van der Waals surface area contributed by atoms with Crippen molar-refractivity contribution in [3.05, 3.63) is 85.6 Å². The van der Waals surface area contributed by atoms with Crippen LogP contribution in [-0.2, 0) is 6.54 Å². The van der Waals surface area contributed by atoms with Gasteiger partial charge in [0.15, 0.2) is 0 Å². The van der Waals surface area contributed by atoms with Gasteiger partial charge >= 0.3 is 0 Å². The SMILES string of the molecule is O=c1c(NCc2ccccc2Cl)c(-c2ccccc2)c1=O. The Labute approximate surface area is 126 Å². The van der Waals surface area contributed by atoms with E-state index in [1.165, 1.54) is 0 Å². The van der Waals surface area contributed by atoms with Crippen LogP contribution >= 0.6 is 11.6 Å². The highest BCUT2D eigenvalue weighted by molar-refractivity contribution is 6.31. The van der Waals surface area contributed by atoms with Crippen molar-refractivity contribution in [1.82, 2.24) is 0 Å². The molecule has 3 rings (SSSR count). The topological polar surface area (TPSA) is 46.2 Å². The van der Waals surface area contributed by atoms with Gasteiger partial charge in [0.1, 0.15) is 0 Å². The summed E-state index contributed by atoms with van der Waals surface area (Å²) >= 11 is 6.08. The zero-order valence-electron chi connectivity index (χ0n) is 11.1. The van der Waals surface area contributed by atoms with E-state index < -0.39 is 10.9 Å². The summed E-state index contributed by atoms with van der Waals surface area (Å²) in [5, 5.41) is 3.66. The zero-order chi connectivity index (χ0) is 14.8. The van der Waals surface area contributed by atoms with Gasteiger partial charge < -0.3 is 5.32 Å². The molecule has 0 radical (unpaired) electrons. The number of anilines is 1. The van der Waals surface area contributed by atoms with Crippen molar-refractivity contribution in [2.24, 2.45) is 0 Å². The van der Waals surface area contributed by atoms with Crippen molar-refractivity contribution in [2.45, 2.75) is 6.54 Å². The van der Waals surface area contributed by atoms with Crippen molar-refractivity contribution in [1.29, 1.82) is 0 Å². The highest BCUT2D eigenvalue weighted by Crippen LogP contribution is 2.24. The molecule has 4 heteroatoms. The second-order valence-corrected chi connectivity index (χ2v) is 5.13. The van der Waals surface area contributed by atoms with Crippen LogP contribution in [0.15, 0.2) is 64.2 Å². The number of halogens is 1. The van der Waals surface area contributed by atoms with Crippen LogP contribution in [0.25, 0.3) is 11.1 Å². The number of rotatable bonds is 4. The van der Waals surface area contributed by atoms with Crippen LogP contribution in [-0.4, -0.2) is 0 Å². The summed E-state index contributed by atoms with van der Waals surface area (Å²) in [6, 6.07) is 16.6. The van der Waals surface area contributed by atoms with Gasteiger partial charge in [0, 0.05) is 11.6 Å². The highest BCUT2D eigenvalue weighted by Gasteiger charge is 2.21. The molecule has 0 atom stereocenters. The van der Waals surface area contributed by atoms with E-state index in [1.54, 1.807) is 6.07 Å². The molecule has 0 unspecified atom stereocenters. The molecule has 3 aromatic rings. The molecule has 21 heavy (non-hydrogen) atoms. The normalized spacial score (nSPS) is 10.7. The van der Waals surface area contributed by atoms with E-state index >= 15 is 0 Å². The summed E-state index contributed by atoms with van der Waals surface area (Å²) in [6.07, 6.45) is 0. The Balaban J connectivity index is 1.88. The smallest absolute Gasteiger partial charge is 0.250 e. The van der Waals surface area contributed by atoms with Crippen LogP contribution in [0.4, 0.5) is 5.69 Å². The summed E-state index contributed by atoms with van der Waals surface area (Å²) in [6.45, 7) is 0.407. The Kier molecular flexibility index (Phi) is 3.59. The molecule has 0 fully saturated rings. The summed E-state index contributed by atoms with van der Waals surface area (Å²) in [4.78, 5) is 23.5. The monoisotopic (exact) mass is 297 g/mol. The van der Waals surface area contributed by atoms with E-state index in [4.69, 9.17) is 11.6 Å². The second-order valence-electron chi connectivity index (χ2n) is 4.72. The fourth-order valence-corrected chi connectivity index (χ4v) is 2.47. The van der Waals surface area contributed by atoms with Gasteiger partial charge in [-0.2, -0.15) is 0 Å². The van der Waals surface area contributed by atoms with Gasteiger partial charge in [0.2, 0.25) is 10.9 Å². The molecule has 0 aliphatic heterocycles. The maximum absolute atomic E-state index is 11.8. The van der Waals surface area contributed by atoms with Crippen molar-refractivity contribution in [2.75, 3.05) is 5.32 Å². The largest absolute Gasteiger partial charge is 0.377 e. The lowest BCUT2D eigenvalue weighted by Gasteiger charge is -2.14. The molecule has 0 heterocycles. The molecule has 0 saturated heterocycles. The number of hydrogen-bond donors (Lipinski definition) is 1. The molecule has 0 spiro atoms. The molecule has 0 aliphatic carbocycles. The Hall–Kier alpha value is -2.39. The standard InChI is InChI=1S/C17H12ClNO2/c18-13-9-5-4-8-12(13)10-19-15-14(16(20)17(15)21)11-6-2-1-3-7-11/h1-9,19H,10H2. The third-order valence-corrected chi connectivity index (χ3v) is 3.75. The first-order valence-corrected chi connectivity index (χ1v) is 6.92. The van der Waals surface area contributed by atoms with Crippen LogP contribution in [0.5, 0.6) is 0 Å². The molecule has 0 amide bonds. The van der Waals surface area contributed by atoms with E-state index in [0.29, 0.717) is 22.8 Å². The summed E-state index contributed by atoms with van der Waals surface area (Å²) < 4.78 is 0. The first-order valence-electron chi connectivity index (χ1n) is 6.54. The van der Waals surface area contributed by atoms with Gasteiger partial charge in [-0.1, -0.05) is 60.1 Å². The summed E-state index contributed by atoms with van der Waals surface area (Å²) in [5.41, 5.74) is 1.54. The number of benzene rings is 2. The van der Waals surface area contributed by atoms with Gasteiger partial charge in [-0.05, 0) is 17.2 Å². The van der Waals surface area contributed by atoms with Crippen molar-refractivity contribution < 1.29 is 0 Å². The van der Waals surface area contributed by atoms with Gasteiger partial charge in [0.25, 0.3) is 0 Å². The molecule has 104 valence electrons. The molecular formula is C17H12ClNO2. The van der Waals surface area contributed by atoms with Gasteiger partial charge in [0.05, 0.1) is 11.3 Å². The number of hydrogen-bond acceptors (Lipinski definition) is 3. The Bertz CT molecular complexity index is 849. The minimum atomic E-state index is -0.471. The molecular weight excluding hydrogens is 286 g/mol. The minimum Gasteiger partial charge on any atom is -0.377 e. The first kappa shape index (κ1) is 13.6. The maximum atomic E-state index is 11.8. The quantitative estimate of drug-likeness (QED) is 0.752. The van der Waals surface area contributed by atoms with E-state index in [0.717, 1.165) is 11.1 Å². The van der Waals surface area contributed by atoms with Gasteiger partial charge in [-0.25, -0.2) is 0 Å². The Morgan fingerprint density at radius 2 is 1.52 bits per heavy atom. The maximum Gasteiger partial charge on any atom is 0.250 e. The van der Waals surface area contributed by atoms with Crippen molar-refractivity contribution >= 4 is 17.3 Å². The van der Waals surface area contributed by atoms with E-state index in [9.17, 15) is 9.59 Å².